The van der Waals surface area contributed by atoms with E-state index < -0.39 is 5.97 Å². The normalized spacial score (nSPS) is 10.3. The van der Waals surface area contributed by atoms with Crippen LogP contribution in [-0.2, 0) is 4.74 Å². The largest absolute Gasteiger partial charge is 0.460 e. The molecule has 2 N–H and O–H groups in total. The van der Waals surface area contributed by atoms with Crippen molar-refractivity contribution in [2.75, 3.05) is 12.3 Å². The summed E-state index contributed by atoms with van der Waals surface area (Å²) in [7, 11) is 0. The number of hydrogen-bond acceptors (Lipinski definition) is 7. The van der Waals surface area contributed by atoms with Gasteiger partial charge >= 0.3 is 5.97 Å². The van der Waals surface area contributed by atoms with Crippen LogP contribution in [0.15, 0.2) is 16.0 Å². The molecule has 0 fully saturated rings. The van der Waals surface area contributed by atoms with E-state index in [0.29, 0.717) is 10.6 Å². The van der Waals surface area contributed by atoms with E-state index in [1.807, 2.05) is 0 Å². The first-order valence-electron chi connectivity index (χ1n) is 4.56. The molecule has 0 aliphatic heterocycles. The second-order valence-corrected chi connectivity index (χ2v) is 3.76. The highest BCUT2D eigenvalue weighted by Crippen LogP contribution is 2.29. The molecule has 2 aromatic rings. The lowest BCUT2D eigenvalue weighted by atomic mass is 10.4. The molecule has 2 heterocycles. The van der Waals surface area contributed by atoms with E-state index in [4.69, 9.17) is 15.0 Å². The Bertz CT molecular complexity index is 506. The van der Waals surface area contributed by atoms with Crippen molar-refractivity contribution in [1.82, 2.24) is 10.1 Å². The summed E-state index contributed by atoms with van der Waals surface area (Å²) >= 11 is 1.37. The van der Waals surface area contributed by atoms with Gasteiger partial charge in [0.2, 0.25) is 0 Å². The van der Waals surface area contributed by atoms with Crippen molar-refractivity contribution in [2.24, 2.45) is 0 Å². The maximum atomic E-state index is 11.3. The van der Waals surface area contributed by atoms with Crippen LogP contribution in [0.5, 0.6) is 0 Å². The smallest absolute Gasteiger partial charge is 0.379 e. The first-order chi connectivity index (χ1) is 7.72. The molecule has 0 unspecified atom stereocenters. The van der Waals surface area contributed by atoms with Gasteiger partial charge in [-0.2, -0.15) is 4.98 Å². The lowest BCUT2D eigenvalue weighted by molar-refractivity contribution is 0.0508. The number of thiophene rings is 1. The number of ether oxygens (including phenoxy) is 1. The molecule has 0 aliphatic carbocycles. The Morgan fingerprint density at radius 2 is 2.50 bits per heavy atom. The zero-order valence-electron chi connectivity index (χ0n) is 8.47. The molecule has 0 spiro atoms. The van der Waals surface area contributed by atoms with Gasteiger partial charge in [-0.1, -0.05) is 0 Å². The SMILES string of the molecule is CCOC(=O)c1noc(-c2sccc2N)n1. The van der Waals surface area contributed by atoms with Crippen LogP contribution in [0.2, 0.25) is 0 Å². The van der Waals surface area contributed by atoms with Crippen LogP contribution in [0.25, 0.3) is 10.8 Å². The number of rotatable bonds is 3. The summed E-state index contributed by atoms with van der Waals surface area (Å²) in [6.45, 7) is 1.97. The molecule has 0 aliphatic rings. The Hall–Kier alpha value is -1.89. The molecule has 7 heteroatoms. The van der Waals surface area contributed by atoms with Crippen molar-refractivity contribution in [1.29, 1.82) is 0 Å². The van der Waals surface area contributed by atoms with Gasteiger partial charge in [-0.25, -0.2) is 4.79 Å². The average Bonchev–Trinajstić information content (AvgIpc) is 2.86. The number of anilines is 1. The molecule has 6 nitrogen and oxygen atoms in total. The van der Waals surface area contributed by atoms with Crippen LogP contribution in [-0.4, -0.2) is 22.7 Å². The van der Waals surface area contributed by atoms with Crippen LogP contribution in [0, 0.1) is 0 Å². The van der Waals surface area contributed by atoms with E-state index in [-0.39, 0.29) is 18.3 Å². The summed E-state index contributed by atoms with van der Waals surface area (Å²) < 4.78 is 9.66. The minimum Gasteiger partial charge on any atom is -0.460 e. The third-order valence-electron chi connectivity index (χ3n) is 1.77. The van der Waals surface area contributed by atoms with Crippen molar-refractivity contribution in [2.45, 2.75) is 6.92 Å². The number of carbonyl (C=O) groups is 1. The predicted molar refractivity (Wildman–Crippen MR) is 58.0 cm³/mol. The van der Waals surface area contributed by atoms with E-state index in [9.17, 15) is 4.79 Å². The van der Waals surface area contributed by atoms with Crippen LogP contribution in [0.1, 0.15) is 17.5 Å². The zero-order valence-corrected chi connectivity index (χ0v) is 9.28. The number of nitrogen functional groups attached to an aromatic ring is 1. The van der Waals surface area contributed by atoms with Crippen molar-refractivity contribution in [3.8, 4) is 10.8 Å². The molecule has 0 bridgehead atoms. The summed E-state index contributed by atoms with van der Waals surface area (Å²) in [5, 5.41) is 5.33. The Morgan fingerprint density at radius 3 is 3.12 bits per heavy atom. The van der Waals surface area contributed by atoms with E-state index in [1.54, 1.807) is 18.4 Å². The van der Waals surface area contributed by atoms with Gasteiger partial charge in [0.1, 0.15) is 4.88 Å². The highest BCUT2D eigenvalue weighted by Gasteiger charge is 2.18. The molecule has 0 radical (unpaired) electrons. The summed E-state index contributed by atoms with van der Waals surface area (Å²) in [4.78, 5) is 15.8. The fraction of sp³-hybridized carbons (Fsp3) is 0.222. The van der Waals surface area contributed by atoms with Gasteiger partial charge < -0.3 is 15.0 Å². The number of hydrogen-bond donors (Lipinski definition) is 1. The molecule has 0 saturated carbocycles. The van der Waals surface area contributed by atoms with Crippen molar-refractivity contribution in [3.05, 3.63) is 17.3 Å². The lowest BCUT2D eigenvalue weighted by Gasteiger charge is -1.93. The maximum Gasteiger partial charge on any atom is 0.379 e. The van der Waals surface area contributed by atoms with Crippen molar-refractivity contribution >= 4 is 23.0 Å². The maximum absolute atomic E-state index is 11.3. The van der Waals surface area contributed by atoms with E-state index in [2.05, 4.69) is 10.1 Å². The summed E-state index contributed by atoms with van der Waals surface area (Å²) in [5.74, 6) is -0.465. The third-order valence-corrected chi connectivity index (χ3v) is 2.69. The molecule has 16 heavy (non-hydrogen) atoms. The van der Waals surface area contributed by atoms with E-state index in [0.717, 1.165) is 0 Å². The van der Waals surface area contributed by atoms with Crippen molar-refractivity contribution in [3.63, 3.8) is 0 Å². The van der Waals surface area contributed by atoms with Crippen molar-refractivity contribution < 1.29 is 14.1 Å². The summed E-state index contributed by atoms with van der Waals surface area (Å²) in [6, 6.07) is 1.73. The third kappa shape index (κ3) is 1.89. The first kappa shape index (κ1) is 10.6. The Kier molecular flexibility index (Phi) is 2.86. The second kappa shape index (κ2) is 4.31. The van der Waals surface area contributed by atoms with Crippen LogP contribution < -0.4 is 5.73 Å². The average molecular weight is 239 g/mol. The number of nitrogens with two attached hydrogens (primary N) is 1. The molecule has 84 valence electrons. The minimum absolute atomic E-state index is 0.0929. The Labute approximate surface area is 95.0 Å². The Morgan fingerprint density at radius 1 is 1.69 bits per heavy atom. The molecule has 2 aromatic heterocycles. The van der Waals surface area contributed by atoms with Gasteiger partial charge in [0.25, 0.3) is 11.7 Å². The monoisotopic (exact) mass is 239 g/mol. The molecule has 2 rings (SSSR count). The van der Waals surface area contributed by atoms with Crippen LogP contribution in [0.4, 0.5) is 5.69 Å². The summed E-state index contributed by atoms with van der Waals surface area (Å²) in [5.41, 5.74) is 6.23. The van der Waals surface area contributed by atoms with E-state index >= 15 is 0 Å². The Balaban J connectivity index is 2.26. The minimum atomic E-state index is -0.604. The number of aromatic nitrogens is 2. The van der Waals surface area contributed by atoms with Crippen LogP contribution in [0.3, 0.4) is 0 Å². The fourth-order valence-corrected chi connectivity index (χ4v) is 1.83. The second-order valence-electron chi connectivity index (χ2n) is 2.85. The van der Waals surface area contributed by atoms with Gasteiger partial charge in [0, 0.05) is 0 Å². The molecule has 0 atom stereocenters. The number of esters is 1. The predicted octanol–water partition coefficient (Wildman–Crippen LogP) is 1.56. The topological polar surface area (TPSA) is 91.2 Å². The molecule has 0 saturated heterocycles. The zero-order chi connectivity index (χ0) is 11.5. The summed E-state index contributed by atoms with van der Waals surface area (Å²) in [6.07, 6.45) is 0. The quantitative estimate of drug-likeness (QED) is 0.817. The van der Waals surface area contributed by atoms with Gasteiger partial charge in [0.05, 0.1) is 12.3 Å². The number of nitrogens with zero attached hydrogens (tertiary/aromatic N) is 2. The first-order valence-corrected chi connectivity index (χ1v) is 5.44. The molecular formula is C9H9N3O3S. The van der Waals surface area contributed by atoms with Gasteiger partial charge in [-0.15, -0.1) is 11.3 Å². The lowest BCUT2D eigenvalue weighted by Crippen LogP contribution is -2.06. The van der Waals surface area contributed by atoms with E-state index in [1.165, 1.54) is 11.3 Å². The van der Waals surface area contributed by atoms with Gasteiger partial charge in [0.15, 0.2) is 0 Å². The molecular weight excluding hydrogens is 230 g/mol. The van der Waals surface area contributed by atoms with Crippen LogP contribution >= 0.6 is 11.3 Å². The highest BCUT2D eigenvalue weighted by atomic mass is 32.1. The van der Waals surface area contributed by atoms with Gasteiger partial charge in [-0.05, 0) is 23.5 Å². The highest BCUT2D eigenvalue weighted by molar-refractivity contribution is 7.14. The molecule has 0 aromatic carbocycles. The van der Waals surface area contributed by atoms with Gasteiger partial charge in [-0.3, -0.25) is 0 Å². The number of carbonyl (C=O) groups excluding carboxylic acids is 1. The molecule has 0 amide bonds. The standard InChI is InChI=1S/C9H9N3O3S/c1-2-14-9(13)7-11-8(15-12-7)6-5(10)3-4-16-6/h3-4H,2,10H2,1H3. The fourth-order valence-electron chi connectivity index (χ4n) is 1.09.